The van der Waals surface area contributed by atoms with E-state index in [0.29, 0.717) is 31.9 Å². The minimum atomic E-state index is -5.04. The number of nitrogens with zero attached hydrogens (tertiary/aromatic N) is 7. The smallest absolute Gasteiger partial charge is 0.344 e. The zero-order chi connectivity index (χ0) is 48.2. The summed E-state index contributed by atoms with van der Waals surface area (Å²) in [5.41, 5.74) is -4.70. The number of aryl methyl sites for hydroxylation is 1. The number of fused-ring (bicyclic) bond motifs is 5. The molecule has 67 heavy (non-hydrogen) atoms. The molecule has 2 aliphatic rings. The number of halogens is 11. The third kappa shape index (κ3) is 8.44. The highest BCUT2D eigenvalue weighted by Crippen LogP contribution is 2.68. The van der Waals surface area contributed by atoms with E-state index in [-0.39, 0.29) is 39.2 Å². The topological polar surface area (TPSA) is 159 Å². The van der Waals surface area contributed by atoms with Crippen molar-refractivity contribution in [3.05, 3.63) is 128 Å². The number of benzene rings is 3. The van der Waals surface area contributed by atoms with Crippen LogP contribution in [0.5, 0.6) is 0 Å². The van der Waals surface area contributed by atoms with Gasteiger partial charge < -0.3 is 5.32 Å². The first kappa shape index (κ1) is 45.6. The Balaban J connectivity index is 1.30. The standard InChI is InChI=1S/C42H30ClF10N9O4S/c1-17-3-7-26(46)33(54-17)19-4-5-22-27(12-19)56-39(62(40(22)64)29-8-6-25(43)32-35(29)61(16-41(49,50)51)58-38(32)59-67(2,65)66)28(11-18-9-20(44)13-21(45)10-18)55-30(63)15-60-36-31(34(57-60)37(47)48)23-14-24(23)42(36,52)53/h3-10,12-13,23-24,28,37H,11,14-16H2,1-2H3,(H,55,63)(H,58,59)/t23-,24+,28-/m0/s1. The number of hydrogen-bond donors (Lipinski definition) is 2. The summed E-state index contributed by atoms with van der Waals surface area (Å²) >= 11 is 6.50. The highest BCUT2D eigenvalue weighted by Gasteiger charge is 2.67. The average Bonchev–Trinajstić information content (AvgIpc) is 3.75. The second kappa shape index (κ2) is 16.1. The monoisotopic (exact) mass is 981 g/mol. The van der Waals surface area contributed by atoms with E-state index < -0.39 is 140 Å². The van der Waals surface area contributed by atoms with E-state index in [9.17, 15) is 43.9 Å². The van der Waals surface area contributed by atoms with Crippen molar-refractivity contribution in [3.63, 3.8) is 0 Å². The van der Waals surface area contributed by atoms with Gasteiger partial charge in [0.05, 0.1) is 44.8 Å². The molecule has 1 fully saturated rings. The maximum absolute atomic E-state index is 15.6. The Kier molecular flexibility index (Phi) is 10.9. The second-order valence-corrected chi connectivity index (χ2v) is 18.3. The summed E-state index contributed by atoms with van der Waals surface area (Å²) in [6, 6.07) is 8.72. The third-order valence-corrected chi connectivity index (χ3v) is 12.2. The number of carbonyl (C=O) groups excluding carboxylic acids is 1. The largest absolute Gasteiger partial charge is 0.408 e. The second-order valence-electron chi connectivity index (χ2n) is 16.2. The van der Waals surface area contributed by atoms with Crippen LogP contribution in [0.4, 0.5) is 49.7 Å². The van der Waals surface area contributed by atoms with Crippen molar-refractivity contribution in [1.82, 2.24) is 39.4 Å². The number of amides is 1. The number of aromatic nitrogens is 7. The number of nitrogens with one attached hydrogen (secondary N) is 2. The van der Waals surface area contributed by atoms with Gasteiger partial charge in [-0.05, 0) is 73.4 Å². The molecule has 0 saturated heterocycles. The lowest BCUT2D eigenvalue weighted by Gasteiger charge is -2.24. The van der Waals surface area contributed by atoms with Crippen molar-refractivity contribution in [2.24, 2.45) is 5.92 Å². The van der Waals surface area contributed by atoms with Gasteiger partial charge >= 0.3 is 6.18 Å². The highest BCUT2D eigenvalue weighted by molar-refractivity contribution is 7.92. The van der Waals surface area contributed by atoms with Crippen molar-refractivity contribution in [3.8, 4) is 16.9 Å². The van der Waals surface area contributed by atoms with E-state index in [1.165, 1.54) is 24.3 Å². The fourth-order valence-corrected chi connectivity index (χ4v) is 9.39. The van der Waals surface area contributed by atoms with Crippen molar-refractivity contribution < 1.29 is 57.1 Å². The molecule has 0 spiro atoms. The minimum absolute atomic E-state index is 0.0621. The molecule has 4 heterocycles. The van der Waals surface area contributed by atoms with E-state index in [4.69, 9.17) is 11.6 Å². The summed E-state index contributed by atoms with van der Waals surface area (Å²) in [5, 5.41) is 8.90. The lowest BCUT2D eigenvalue weighted by atomic mass is 10.0. The molecule has 2 aliphatic carbocycles. The molecular formula is C42H30ClF10N9O4S. The minimum Gasteiger partial charge on any atom is -0.344 e. The number of hydrogen-bond acceptors (Lipinski definition) is 8. The molecule has 9 rings (SSSR count). The van der Waals surface area contributed by atoms with Crippen LogP contribution in [-0.2, 0) is 40.3 Å². The van der Waals surface area contributed by atoms with Crippen LogP contribution in [0.15, 0.2) is 65.5 Å². The van der Waals surface area contributed by atoms with Crippen molar-refractivity contribution in [2.75, 3.05) is 11.0 Å². The van der Waals surface area contributed by atoms with Crippen LogP contribution >= 0.6 is 11.6 Å². The molecule has 0 aliphatic heterocycles. The molecule has 25 heteroatoms. The molecule has 7 aromatic rings. The van der Waals surface area contributed by atoms with Crippen LogP contribution in [0.25, 0.3) is 38.8 Å². The lowest BCUT2D eigenvalue weighted by Crippen LogP contribution is -2.38. The molecule has 1 amide bonds. The Morgan fingerprint density at radius 1 is 0.970 bits per heavy atom. The summed E-state index contributed by atoms with van der Waals surface area (Å²) in [5.74, 6) is -11.5. The van der Waals surface area contributed by atoms with E-state index in [1.54, 1.807) is 6.92 Å². The molecule has 0 bridgehead atoms. The fourth-order valence-electron chi connectivity index (χ4n) is 8.66. The molecule has 2 N–H and O–H groups in total. The van der Waals surface area contributed by atoms with Gasteiger partial charge in [-0.2, -0.15) is 32.1 Å². The SMILES string of the molecule is Cc1ccc(F)c(-c2ccc3c(=O)n(-c4ccc(Cl)c5c(NS(C)(=O)=O)nn(CC(F)(F)F)c45)c([C@H](Cc4cc(F)cc(F)c4)NC(=O)Cn4nc(C(F)F)c5c4C(F)(F)[C@@H]4C[C@H]54)nc3c2)n1. The number of pyridine rings is 1. The Bertz CT molecular complexity index is 3370. The van der Waals surface area contributed by atoms with Crippen LogP contribution < -0.4 is 15.6 Å². The molecular weight excluding hydrogens is 952 g/mol. The van der Waals surface area contributed by atoms with E-state index in [0.717, 1.165) is 30.3 Å². The van der Waals surface area contributed by atoms with Crippen LogP contribution in [0, 0.1) is 30.3 Å². The zero-order valence-corrected chi connectivity index (χ0v) is 35.8. The highest BCUT2D eigenvalue weighted by atomic mass is 35.5. The normalized spacial score (nSPS) is 17.0. The maximum atomic E-state index is 15.6. The number of carbonyl (C=O) groups is 1. The van der Waals surface area contributed by atoms with E-state index in [2.05, 4.69) is 25.5 Å². The number of alkyl halides is 7. The maximum Gasteiger partial charge on any atom is 0.408 e. The molecule has 3 aromatic carbocycles. The van der Waals surface area contributed by atoms with Gasteiger partial charge in [0.15, 0.2) is 5.82 Å². The molecule has 0 radical (unpaired) electrons. The van der Waals surface area contributed by atoms with Gasteiger partial charge in [-0.1, -0.05) is 17.7 Å². The van der Waals surface area contributed by atoms with Gasteiger partial charge in [-0.25, -0.2) is 35.4 Å². The Labute approximate surface area is 375 Å². The Hall–Kier alpha value is -6.56. The van der Waals surface area contributed by atoms with E-state index >= 15 is 18.0 Å². The molecule has 1 saturated carbocycles. The molecule has 0 unspecified atom stereocenters. The first-order valence-electron chi connectivity index (χ1n) is 19.8. The third-order valence-electron chi connectivity index (χ3n) is 11.3. The van der Waals surface area contributed by atoms with Crippen LogP contribution in [0.2, 0.25) is 5.02 Å². The number of sulfonamides is 1. The van der Waals surface area contributed by atoms with Crippen LogP contribution in [0.1, 0.15) is 58.8 Å². The summed E-state index contributed by atoms with van der Waals surface area (Å²) in [7, 11) is -4.26. The molecule has 350 valence electrons. The van der Waals surface area contributed by atoms with Crippen molar-refractivity contribution in [2.45, 2.75) is 63.3 Å². The molecule has 4 aromatic heterocycles. The quantitative estimate of drug-likeness (QED) is 0.115. The number of rotatable bonds is 12. The Morgan fingerprint density at radius 3 is 2.36 bits per heavy atom. The van der Waals surface area contributed by atoms with Gasteiger partial charge in [0.1, 0.15) is 53.4 Å². The van der Waals surface area contributed by atoms with E-state index in [1.807, 2.05) is 4.72 Å². The van der Waals surface area contributed by atoms with Gasteiger partial charge in [-0.3, -0.25) is 33.2 Å². The van der Waals surface area contributed by atoms with Gasteiger partial charge in [-0.15, -0.1) is 0 Å². The predicted octanol–water partition coefficient (Wildman–Crippen LogP) is 8.55. The predicted molar refractivity (Wildman–Crippen MR) is 221 cm³/mol. The van der Waals surface area contributed by atoms with Crippen LogP contribution in [-0.4, -0.2) is 60.9 Å². The summed E-state index contributed by atoms with van der Waals surface area (Å²) in [6.07, 6.45) is -8.46. The van der Waals surface area contributed by atoms with Gasteiger partial charge in [0, 0.05) is 35.2 Å². The average molecular weight is 982 g/mol. The first-order chi connectivity index (χ1) is 31.4. The lowest BCUT2D eigenvalue weighted by molar-refractivity contribution is -0.141. The number of anilines is 1. The fraction of sp³-hybridized carbons (Fsp3) is 0.286. The molecule has 13 nitrogen and oxygen atoms in total. The zero-order valence-electron chi connectivity index (χ0n) is 34.2. The Morgan fingerprint density at radius 2 is 1.69 bits per heavy atom. The summed E-state index contributed by atoms with van der Waals surface area (Å²) < 4.78 is 175. The van der Waals surface area contributed by atoms with Crippen LogP contribution in [0.3, 0.4) is 0 Å². The van der Waals surface area contributed by atoms with Gasteiger partial charge in [0.2, 0.25) is 15.9 Å². The molecule has 3 atom stereocenters. The first-order valence-corrected chi connectivity index (χ1v) is 22.1. The van der Waals surface area contributed by atoms with Crippen molar-refractivity contribution >= 4 is 55.2 Å². The van der Waals surface area contributed by atoms with Crippen molar-refractivity contribution in [1.29, 1.82) is 0 Å². The summed E-state index contributed by atoms with van der Waals surface area (Å²) in [6.45, 7) is -1.47. The summed E-state index contributed by atoms with van der Waals surface area (Å²) in [4.78, 5) is 38.1. The van der Waals surface area contributed by atoms with Gasteiger partial charge in [0.25, 0.3) is 17.9 Å².